The summed E-state index contributed by atoms with van der Waals surface area (Å²) in [6, 6.07) is 7.73. The van der Waals surface area contributed by atoms with E-state index in [0.29, 0.717) is 6.61 Å². The van der Waals surface area contributed by atoms with Gasteiger partial charge in [-0.3, -0.25) is 14.5 Å². The molecule has 1 amide bonds. The van der Waals surface area contributed by atoms with Crippen LogP contribution >= 0.6 is 0 Å². The Balaban J connectivity index is 1.78. The van der Waals surface area contributed by atoms with Crippen molar-refractivity contribution < 1.29 is 33.7 Å². The number of amides is 1. The molecule has 1 fully saturated rings. The van der Waals surface area contributed by atoms with Crippen LogP contribution in [-0.4, -0.2) is 59.1 Å². The molecule has 2 rings (SSSR count). The SMILES string of the molecule is COC(=O)C(Cc1cccc(CCCCCC[C@H]2COC(C)(C)N2C(=O)OC(C)(C)C)c1)C(=O)O. The Bertz CT molecular complexity index is 875. The lowest BCUT2D eigenvalue weighted by Gasteiger charge is -2.35. The minimum absolute atomic E-state index is 0.00789. The normalized spacial score (nSPS) is 18.2. The number of methoxy groups -OCH3 is 1. The molecule has 1 unspecified atom stereocenters. The summed E-state index contributed by atoms with van der Waals surface area (Å²) in [6.07, 6.45) is 5.62. The maximum atomic E-state index is 12.7. The highest BCUT2D eigenvalue weighted by Gasteiger charge is 2.45. The lowest BCUT2D eigenvalue weighted by atomic mass is 9.96. The second-order valence-electron chi connectivity index (χ2n) is 10.7. The summed E-state index contributed by atoms with van der Waals surface area (Å²) in [5.41, 5.74) is 0.710. The van der Waals surface area contributed by atoms with Crippen molar-refractivity contribution in [1.82, 2.24) is 4.90 Å². The molecule has 1 aliphatic heterocycles. The number of nitrogens with zero attached hydrogens (tertiary/aromatic N) is 1. The van der Waals surface area contributed by atoms with E-state index in [4.69, 9.17) is 9.47 Å². The summed E-state index contributed by atoms with van der Waals surface area (Å²) in [5, 5.41) is 9.30. The molecule has 1 aromatic carbocycles. The number of carboxylic acids is 1. The fourth-order valence-electron chi connectivity index (χ4n) is 4.40. The third-order valence-electron chi connectivity index (χ3n) is 6.13. The molecule has 1 aromatic rings. The van der Waals surface area contributed by atoms with Gasteiger partial charge in [-0.1, -0.05) is 43.5 Å². The van der Waals surface area contributed by atoms with Crippen LogP contribution in [-0.2, 0) is 36.6 Å². The van der Waals surface area contributed by atoms with Gasteiger partial charge in [0.15, 0.2) is 5.92 Å². The quantitative estimate of drug-likeness (QED) is 0.265. The van der Waals surface area contributed by atoms with Crippen LogP contribution < -0.4 is 0 Å². The van der Waals surface area contributed by atoms with E-state index in [0.717, 1.165) is 49.7 Å². The molecule has 8 heteroatoms. The monoisotopic (exact) mass is 491 g/mol. The number of benzene rings is 1. The standard InChI is InChI=1S/C27H41NO7/c1-26(2,3)35-25(32)28-21(18-34-27(28,4)5)15-10-8-7-9-12-19-13-11-14-20(16-19)17-22(23(29)30)24(31)33-6/h11,13-14,16,21-22H,7-10,12,15,17-18H2,1-6H3,(H,29,30)/t21-,22?/m0/s1. The maximum Gasteiger partial charge on any atom is 0.412 e. The number of unbranched alkanes of at least 4 members (excludes halogenated alkanes) is 3. The van der Waals surface area contributed by atoms with Crippen LogP contribution in [0.3, 0.4) is 0 Å². The Hall–Kier alpha value is -2.61. The summed E-state index contributed by atoms with van der Waals surface area (Å²) in [7, 11) is 1.20. The maximum absolute atomic E-state index is 12.7. The predicted molar refractivity (Wildman–Crippen MR) is 132 cm³/mol. The van der Waals surface area contributed by atoms with Gasteiger partial charge in [0.2, 0.25) is 0 Å². The summed E-state index contributed by atoms with van der Waals surface area (Å²) in [4.78, 5) is 37.6. The summed E-state index contributed by atoms with van der Waals surface area (Å²) in [5.74, 6) is -3.10. The lowest BCUT2D eigenvalue weighted by molar-refractivity contribution is -0.156. The molecule has 0 bridgehead atoms. The molecular weight excluding hydrogens is 450 g/mol. The number of aryl methyl sites for hydroxylation is 1. The summed E-state index contributed by atoms with van der Waals surface area (Å²) < 4.78 is 16.1. The highest BCUT2D eigenvalue weighted by atomic mass is 16.6. The Kier molecular flexibility index (Phi) is 10.1. The van der Waals surface area contributed by atoms with Gasteiger partial charge in [-0.2, -0.15) is 0 Å². The van der Waals surface area contributed by atoms with Gasteiger partial charge in [0.1, 0.15) is 11.3 Å². The van der Waals surface area contributed by atoms with E-state index in [9.17, 15) is 19.5 Å². The van der Waals surface area contributed by atoms with Crippen LogP contribution in [0.4, 0.5) is 4.79 Å². The first kappa shape index (κ1) is 28.6. The zero-order valence-electron chi connectivity index (χ0n) is 22.0. The minimum Gasteiger partial charge on any atom is -0.481 e. The van der Waals surface area contributed by atoms with Gasteiger partial charge in [0, 0.05) is 0 Å². The second-order valence-corrected chi connectivity index (χ2v) is 10.7. The van der Waals surface area contributed by atoms with Crippen molar-refractivity contribution in [1.29, 1.82) is 0 Å². The van der Waals surface area contributed by atoms with E-state index in [2.05, 4.69) is 4.74 Å². The van der Waals surface area contributed by atoms with Crippen molar-refractivity contribution in [2.75, 3.05) is 13.7 Å². The van der Waals surface area contributed by atoms with Crippen LogP contribution in [0.25, 0.3) is 0 Å². The summed E-state index contributed by atoms with van der Waals surface area (Å²) in [6.45, 7) is 9.90. The fourth-order valence-corrected chi connectivity index (χ4v) is 4.40. The zero-order valence-corrected chi connectivity index (χ0v) is 22.0. The molecule has 196 valence electrons. The number of hydrogen-bond acceptors (Lipinski definition) is 6. The van der Waals surface area contributed by atoms with Gasteiger partial charge in [0.25, 0.3) is 0 Å². The van der Waals surface area contributed by atoms with Crippen LogP contribution in [0.5, 0.6) is 0 Å². The smallest absolute Gasteiger partial charge is 0.412 e. The van der Waals surface area contributed by atoms with Crippen molar-refractivity contribution in [3.05, 3.63) is 35.4 Å². The molecular formula is C27H41NO7. The van der Waals surface area contributed by atoms with Crippen molar-refractivity contribution in [3.8, 4) is 0 Å². The van der Waals surface area contributed by atoms with Crippen molar-refractivity contribution in [2.45, 2.75) is 96.9 Å². The number of ether oxygens (including phenoxy) is 3. The second kappa shape index (κ2) is 12.4. The largest absolute Gasteiger partial charge is 0.481 e. The van der Waals surface area contributed by atoms with Crippen LogP contribution in [0.15, 0.2) is 24.3 Å². The van der Waals surface area contributed by atoms with E-state index in [1.54, 1.807) is 4.90 Å². The molecule has 1 aliphatic rings. The number of rotatable bonds is 11. The molecule has 1 heterocycles. The molecule has 0 spiro atoms. The lowest BCUT2D eigenvalue weighted by Crippen LogP contribution is -2.49. The third-order valence-corrected chi connectivity index (χ3v) is 6.13. The van der Waals surface area contributed by atoms with Crippen LogP contribution in [0, 0.1) is 5.92 Å². The molecule has 0 saturated carbocycles. The average Bonchev–Trinajstić information content (AvgIpc) is 3.07. The highest BCUT2D eigenvalue weighted by molar-refractivity contribution is 5.94. The van der Waals surface area contributed by atoms with Gasteiger partial charge >= 0.3 is 18.0 Å². The zero-order chi connectivity index (χ0) is 26.2. The molecule has 0 radical (unpaired) electrons. The van der Waals surface area contributed by atoms with Crippen molar-refractivity contribution >= 4 is 18.0 Å². The van der Waals surface area contributed by atoms with Crippen LogP contribution in [0.2, 0.25) is 0 Å². The number of aliphatic carboxylic acids is 1. The summed E-state index contributed by atoms with van der Waals surface area (Å²) >= 11 is 0. The van der Waals surface area contributed by atoms with Crippen molar-refractivity contribution in [3.63, 3.8) is 0 Å². The molecule has 0 aromatic heterocycles. The fraction of sp³-hybridized carbons (Fsp3) is 0.667. The van der Waals surface area contributed by atoms with E-state index in [-0.39, 0.29) is 18.6 Å². The minimum atomic E-state index is -1.19. The molecule has 8 nitrogen and oxygen atoms in total. The molecule has 1 saturated heterocycles. The Morgan fingerprint density at radius 2 is 1.80 bits per heavy atom. The molecule has 1 N–H and O–H groups in total. The van der Waals surface area contributed by atoms with E-state index < -0.39 is 29.2 Å². The van der Waals surface area contributed by atoms with Crippen molar-refractivity contribution in [2.24, 2.45) is 5.92 Å². The number of carbonyl (C=O) groups excluding carboxylic acids is 2. The number of esters is 1. The Morgan fingerprint density at radius 1 is 1.14 bits per heavy atom. The first-order valence-corrected chi connectivity index (χ1v) is 12.4. The number of carbonyl (C=O) groups is 3. The molecule has 2 atom stereocenters. The van der Waals surface area contributed by atoms with Crippen LogP contribution in [0.1, 0.15) is 77.8 Å². The van der Waals surface area contributed by atoms with Gasteiger partial charge in [0.05, 0.1) is 19.8 Å². The van der Waals surface area contributed by atoms with E-state index >= 15 is 0 Å². The number of hydrogen-bond donors (Lipinski definition) is 1. The van der Waals surface area contributed by atoms with Gasteiger partial charge < -0.3 is 19.3 Å². The van der Waals surface area contributed by atoms with E-state index in [1.807, 2.05) is 58.9 Å². The Labute approximate surface area is 208 Å². The predicted octanol–water partition coefficient (Wildman–Crippen LogP) is 4.97. The average molecular weight is 492 g/mol. The molecule has 35 heavy (non-hydrogen) atoms. The third kappa shape index (κ3) is 8.84. The Morgan fingerprint density at radius 3 is 2.43 bits per heavy atom. The van der Waals surface area contributed by atoms with Gasteiger partial charge in [-0.15, -0.1) is 0 Å². The molecule has 0 aliphatic carbocycles. The first-order chi connectivity index (χ1) is 16.3. The topological polar surface area (TPSA) is 102 Å². The highest BCUT2D eigenvalue weighted by Crippen LogP contribution is 2.31. The van der Waals surface area contributed by atoms with E-state index in [1.165, 1.54) is 7.11 Å². The first-order valence-electron chi connectivity index (χ1n) is 12.4. The van der Waals surface area contributed by atoms with Gasteiger partial charge in [-0.05, 0) is 71.4 Å². The number of carboxylic acid groups (broad SMARTS) is 1. The van der Waals surface area contributed by atoms with Gasteiger partial charge in [-0.25, -0.2) is 4.79 Å².